The smallest absolute Gasteiger partial charge is 0.269 e. The van der Waals surface area contributed by atoms with Crippen LogP contribution in [-0.4, -0.2) is 16.9 Å². The summed E-state index contributed by atoms with van der Waals surface area (Å²) in [7, 11) is 0. The van der Waals surface area contributed by atoms with Gasteiger partial charge in [0.25, 0.3) is 5.91 Å². The summed E-state index contributed by atoms with van der Waals surface area (Å²) in [6.45, 7) is 0. The molecule has 0 radical (unpaired) electrons. The van der Waals surface area contributed by atoms with Crippen molar-refractivity contribution in [1.82, 2.24) is 16.2 Å². The van der Waals surface area contributed by atoms with E-state index in [4.69, 9.17) is 23.8 Å². The monoisotopic (exact) mass is 397 g/mol. The number of rotatable bonds is 3. The van der Waals surface area contributed by atoms with Crippen molar-refractivity contribution in [3.05, 3.63) is 82.9 Å². The van der Waals surface area contributed by atoms with E-state index in [-0.39, 0.29) is 17.4 Å². The highest BCUT2D eigenvalue weighted by atomic mass is 35.5. The molecule has 0 aliphatic carbocycles. The minimum absolute atomic E-state index is 0.00983. The van der Waals surface area contributed by atoms with E-state index in [9.17, 15) is 9.59 Å². The van der Waals surface area contributed by atoms with Crippen LogP contribution in [0.2, 0.25) is 5.02 Å². The lowest BCUT2D eigenvalue weighted by Gasteiger charge is -2.11. The van der Waals surface area contributed by atoms with E-state index in [1.807, 2.05) is 42.5 Å². The normalized spacial score (nSPS) is 10.3. The number of fused-ring (bicyclic) bond motifs is 1. The highest BCUT2D eigenvalue weighted by molar-refractivity contribution is 7.80. The topological polar surface area (TPSA) is 70.2 Å². The first-order chi connectivity index (χ1) is 13.0. The van der Waals surface area contributed by atoms with Gasteiger partial charge in [0, 0.05) is 10.6 Å². The van der Waals surface area contributed by atoms with Gasteiger partial charge in [0.1, 0.15) is 0 Å². The van der Waals surface area contributed by atoms with Crippen molar-refractivity contribution in [3.63, 3.8) is 0 Å². The predicted molar refractivity (Wildman–Crippen MR) is 110 cm³/mol. The van der Waals surface area contributed by atoms with Crippen LogP contribution in [0.1, 0.15) is 15.9 Å². The van der Waals surface area contributed by atoms with Crippen molar-refractivity contribution < 1.29 is 9.59 Å². The van der Waals surface area contributed by atoms with Crippen molar-refractivity contribution in [2.24, 2.45) is 0 Å². The Balaban J connectivity index is 1.54. The van der Waals surface area contributed by atoms with Crippen LogP contribution in [0.5, 0.6) is 0 Å². The second kappa shape index (κ2) is 8.62. The highest BCUT2D eigenvalue weighted by Gasteiger charge is 2.10. The Morgan fingerprint density at radius 3 is 2.48 bits per heavy atom. The largest absolute Gasteiger partial charge is 0.302 e. The Kier molecular flexibility index (Phi) is 6.01. The molecule has 3 aromatic carbocycles. The van der Waals surface area contributed by atoms with Crippen LogP contribution in [0.3, 0.4) is 0 Å². The lowest BCUT2D eigenvalue weighted by atomic mass is 10.0. The number of hydrogen-bond acceptors (Lipinski definition) is 3. The molecule has 136 valence electrons. The van der Waals surface area contributed by atoms with Crippen LogP contribution >= 0.6 is 23.8 Å². The first-order valence-electron chi connectivity index (χ1n) is 8.15. The molecule has 0 atom stereocenters. The third kappa shape index (κ3) is 5.03. The van der Waals surface area contributed by atoms with Crippen molar-refractivity contribution >= 4 is 51.5 Å². The molecule has 0 saturated heterocycles. The van der Waals surface area contributed by atoms with Gasteiger partial charge in [0.2, 0.25) is 5.91 Å². The molecule has 3 aromatic rings. The molecule has 3 N–H and O–H groups in total. The minimum atomic E-state index is -0.414. The van der Waals surface area contributed by atoms with Crippen LogP contribution in [0.25, 0.3) is 10.8 Å². The van der Waals surface area contributed by atoms with Crippen LogP contribution in [0.4, 0.5) is 0 Å². The van der Waals surface area contributed by atoms with E-state index in [0.29, 0.717) is 10.6 Å². The SMILES string of the molecule is O=C(Cc1cccc2ccccc12)NC(=S)NNC(=O)c1cccc(Cl)c1. The summed E-state index contributed by atoms with van der Waals surface area (Å²) < 4.78 is 0. The number of carbonyl (C=O) groups excluding carboxylic acids is 2. The van der Waals surface area contributed by atoms with Crippen molar-refractivity contribution in [2.45, 2.75) is 6.42 Å². The van der Waals surface area contributed by atoms with E-state index in [1.165, 1.54) is 6.07 Å². The zero-order valence-corrected chi connectivity index (χ0v) is 15.7. The Morgan fingerprint density at radius 1 is 0.926 bits per heavy atom. The predicted octanol–water partition coefficient (Wildman–Crippen LogP) is 3.37. The molecule has 0 bridgehead atoms. The fraction of sp³-hybridized carbons (Fsp3) is 0.0500. The number of hydrogen-bond donors (Lipinski definition) is 3. The molecule has 5 nitrogen and oxygen atoms in total. The Labute approximate surface area is 166 Å². The van der Waals surface area contributed by atoms with Gasteiger partial charge in [0.05, 0.1) is 6.42 Å². The number of nitrogens with one attached hydrogen (secondary N) is 3. The second-order valence-corrected chi connectivity index (χ2v) is 6.63. The number of thiocarbonyl (C=S) groups is 1. The molecule has 2 amide bonds. The zero-order valence-electron chi connectivity index (χ0n) is 14.2. The van der Waals surface area contributed by atoms with E-state index in [2.05, 4.69) is 16.2 Å². The molecule has 0 aliphatic heterocycles. The number of carbonyl (C=O) groups is 2. The van der Waals surface area contributed by atoms with Gasteiger partial charge < -0.3 is 5.32 Å². The molecule has 0 aliphatic rings. The van der Waals surface area contributed by atoms with Gasteiger partial charge >= 0.3 is 0 Å². The molecule has 0 heterocycles. The lowest BCUT2D eigenvalue weighted by Crippen LogP contribution is -2.48. The quantitative estimate of drug-likeness (QED) is 0.468. The molecule has 0 spiro atoms. The summed E-state index contributed by atoms with van der Waals surface area (Å²) in [4.78, 5) is 24.3. The molecule has 0 fully saturated rings. The average molecular weight is 398 g/mol. The maximum absolute atomic E-state index is 12.3. The third-order valence-electron chi connectivity index (χ3n) is 3.86. The summed E-state index contributed by atoms with van der Waals surface area (Å²) in [5.41, 5.74) is 6.21. The number of benzene rings is 3. The van der Waals surface area contributed by atoms with Crippen molar-refractivity contribution in [3.8, 4) is 0 Å². The van der Waals surface area contributed by atoms with Gasteiger partial charge in [-0.25, -0.2) is 0 Å². The fourth-order valence-corrected chi connectivity index (χ4v) is 2.99. The molecule has 7 heteroatoms. The van der Waals surface area contributed by atoms with E-state index < -0.39 is 5.91 Å². The molecule has 0 aromatic heterocycles. The molecule has 3 rings (SSSR count). The average Bonchev–Trinajstić information content (AvgIpc) is 2.66. The summed E-state index contributed by atoms with van der Waals surface area (Å²) in [5.74, 6) is -0.691. The summed E-state index contributed by atoms with van der Waals surface area (Å²) in [6.07, 6.45) is 0.172. The summed E-state index contributed by atoms with van der Waals surface area (Å²) in [5, 5.41) is 5.10. The third-order valence-corrected chi connectivity index (χ3v) is 4.30. The molecule has 0 saturated carbocycles. The molecule has 0 unspecified atom stereocenters. The number of hydrazine groups is 1. The standard InChI is InChI=1S/C20H16ClN3O2S/c21-16-9-4-8-15(11-16)19(26)23-24-20(27)22-18(25)12-14-7-3-6-13-5-1-2-10-17(13)14/h1-11H,12H2,(H,23,26)(H2,22,24,25,27). The lowest BCUT2D eigenvalue weighted by molar-refractivity contribution is -0.119. The summed E-state index contributed by atoms with van der Waals surface area (Å²) >= 11 is 10.9. The van der Waals surface area contributed by atoms with E-state index in [0.717, 1.165) is 16.3 Å². The van der Waals surface area contributed by atoms with Gasteiger partial charge in [-0.15, -0.1) is 0 Å². The molecular weight excluding hydrogens is 382 g/mol. The van der Waals surface area contributed by atoms with Gasteiger partial charge in [-0.1, -0.05) is 60.1 Å². The number of halogens is 1. The molecular formula is C20H16ClN3O2S. The van der Waals surface area contributed by atoms with Crippen LogP contribution in [0, 0.1) is 0 Å². The number of amides is 2. The Hall–Kier alpha value is -2.96. The van der Waals surface area contributed by atoms with E-state index >= 15 is 0 Å². The Bertz CT molecular complexity index is 1020. The zero-order chi connectivity index (χ0) is 19.2. The van der Waals surface area contributed by atoms with E-state index in [1.54, 1.807) is 18.2 Å². The van der Waals surface area contributed by atoms with Crippen LogP contribution < -0.4 is 16.2 Å². The second-order valence-electron chi connectivity index (χ2n) is 5.78. The van der Waals surface area contributed by atoms with Gasteiger partial charge in [-0.05, 0) is 46.8 Å². The summed E-state index contributed by atoms with van der Waals surface area (Å²) in [6, 6.07) is 20.1. The first-order valence-corrected chi connectivity index (χ1v) is 8.94. The van der Waals surface area contributed by atoms with Gasteiger partial charge in [-0.3, -0.25) is 20.4 Å². The fourth-order valence-electron chi connectivity index (χ4n) is 2.64. The minimum Gasteiger partial charge on any atom is -0.302 e. The van der Waals surface area contributed by atoms with Crippen molar-refractivity contribution in [1.29, 1.82) is 0 Å². The van der Waals surface area contributed by atoms with Gasteiger partial charge in [0.15, 0.2) is 5.11 Å². The Morgan fingerprint density at radius 2 is 1.67 bits per heavy atom. The van der Waals surface area contributed by atoms with Crippen molar-refractivity contribution in [2.75, 3.05) is 0 Å². The molecule has 27 heavy (non-hydrogen) atoms. The maximum atomic E-state index is 12.3. The maximum Gasteiger partial charge on any atom is 0.269 e. The first kappa shape index (κ1) is 18.8. The van der Waals surface area contributed by atoms with Crippen LogP contribution in [0.15, 0.2) is 66.7 Å². The van der Waals surface area contributed by atoms with Gasteiger partial charge in [-0.2, -0.15) is 0 Å². The highest BCUT2D eigenvalue weighted by Crippen LogP contribution is 2.18. The van der Waals surface area contributed by atoms with Crippen LogP contribution in [-0.2, 0) is 11.2 Å².